The molecule has 0 amide bonds. The zero-order chi connectivity index (χ0) is 25.3. The minimum absolute atomic E-state index is 0.128. The first-order valence-electron chi connectivity index (χ1n) is 10.3. The summed E-state index contributed by atoms with van der Waals surface area (Å²) in [6, 6.07) is 7.53. The quantitative estimate of drug-likeness (QED) is 0.381. The van der Waals surface area contributed by atoms with Gasteiger partial charge >= 0.3 is 17.9 Å². The van der Waals surface area contributed by atoms with Gasteiger partial charge in [-0.15, -0.1) is 11.3 Å². The van der Waals surface area contributed by atoms with Crippen LogP contribution < -0.4 is 24.4 Å². The van der Waals surface area contributed by atoms with Crippen LogP contribution in [0, 0.1) is 0 Å². The number of benzene rings is 1. The highest BCUT2D eigenvalue weighted by Gasteiger charge is 2.33. The Morgan fingerprint density at radius 2 is 1.86 bits per heavy atom. The summed E-state index contributed by atoms with van der Waals surface area (Å²) in [5.74, 6) is -1.33. The van der Waals surface area contributed by atoms with E-state index in [1.165, 1.54) is 49.0 Å². The number of thiophene rings is 1. The predicted molar refractivity (Wildman–Crippen MR) is 129 cm³/mol. The molecular weight excluding hydrogens is 492 g/mol. The van der Waals surface area contributed by atoms with E-state index < -0.39 is 23.9 Å². The smallest absolute Gasteiger partial charge is 0.338 e. The SMILES string of the molecule is COC(=O)C1=C(C)N=c2s/c(=C/c3ccc(OC(C)=O)cc3OC(C)=O)c(=O)n2C1c1cccs1. The van der Waals surface area contributed by atoms with E-state index in [4.69, 9.17) is 14.2 Å². The van der Waals surface area contributed by atoms with Crippen LogP contribution in [0.2, 0.25) is 0 Å². The molecule has 11 heteroatoms. The average molecular weight is 513 g/mol. The maximum Gasteiger partial charge on any atom is 0.338 e. The topological polar surface area (TPSA) is 113 Å². The molecule has 0 saturated carbocycles. The molecule has 0 saturated heterocycles. The first kappa shape index (κ1) is 24.3. The third-order valence-corrected chi connectivity index (χ3v) is 6.93. The van der Waals surface area contributed by atoms with Crippen LogP contribution in [0.5, 0.6) is 11.5 Å². The third kappa shape index (κ3) is 4.86. The largest absolute Gasteiger partial charge is 0.466 e. The maximum absolute atomic E-state index is 13.6. The summed E-state index contributed by atoms with van der Waals surface area (Å²) >= 11 is 2.56. The summed E-state index contributed by atoms with van der Waals surface area (Å²) in [6.45, 7) is 4.21. The Balaban J connectivity index is 1.91. The number of hydrogen-bond donors (Lipinski definition) is 0. The molecule has 180 valence electrons. The number of ether oxygens (including phenoxy) is 3. The van der Waals surface area contributed by atoms with Crippen molar-refractivity contribution in [1.29, 1.82) is 0 Å². The number of allylic oxidation sites excluding steroid dienone is 1. The van der Waals surface area contributed by atoms with E-state index in [0.717, 1.165) is 16.2 Å². The lowest BCUT2D eigenvalue weighted by Gasteiger charge is -2.22. The van der Waals surface area contributed by atoms with Crippen LogP contribution in [-0.2, 0) is 19.1 Å². The highest BCUT2D eigenvalue weighted by molar-refractivity contribution is 7.10. The zero-order valence-electron chi connectivity index (χ0n) is 19.2. The Hall–Kier alpha value is -3.83. The summed E-state index contributed by atoms with van der Waals surface area (Å²) in [6.07, 6.45) is 1.57. The number of nitrogens with zero attached hydrogens (tertiary/aromatic N) is 2. The second kappa shape index (κ2) is 9.80. The molecule has 0 aliphatic carbocycles. The second-order valence-corrected chi connectivity index (χ2v) is 9.46. The van der Waals surface area contributed by atoms with Crippen LogP contribution >= 0.6 is 22.7 Å². The molecule has 0 bridgehead atoms. The molecule has 3 aromatic rings. The Morgan fingerprint density at radius 1 is 1.11 bits per heavy atom. The molecule has 1 aromatic carbocycles. The summed E-state index contributed by atoms with van der Waals surface area (Å²) in [4.78, 5) is 54.9. The van der Waals surface area contributed by atoms with E-state index in [0.29, 0.717) is 26.2 Å². The van der Waals surface area contributed by atoms with Crippen molar-refractivity contribution in [3.8, 4) is 11.5 Å². The van der Waals surface area contributed by atoms with Gasteiger partial charge in [0.25, 0.3) is 5.56 Å². The summed E-state index contributed by atoms with van der Waals surface area (Å²) < 4.78 is 17.1. The van der Waals surface area contributed by atoms with Crippen LogP contribution in [0.25, 0.3) is 6.08 Å². The average Bonchev–Trinajstić information content (AvgIpc) is 3.42. The number of methoxy groups -OCH3 is 1. The van der Waals surface area contributed by atoms with Gasteiger partial charge in [0, 0.05) is 30.4 Å². The van der Waals surface area contributed by atoms with Crippen molar-refractivity contribution < 1.29 is 28.6 Å². The highest BCUT2D eigenvalue weighted by Crippen LogP contribution is 2.33. The van der Waals surface area contributed by atoms with Crippen molar-refractivity contribution in [1.82, 2.24) is 4.57 Å². The number of hydrogen-bond acceptors (Lipinski definition) is 10. The molecule has 0 fully saturated rings. The van der Waals surface area contributed by atoms with Gasteiger partial charge in [0.2, 0.25) is 0 Å². The fraction of sp³-hybridized carbons (Fsp3) is 0.208. The van der Waals surface area contributed by atoms with Crippen molar-refractivity contribution in [3.05, 3.63) is 77.1 Å². The lowest BCUT2D eigenvalue weighted by Crippen LogP contribution is -2.39. The molecule has 35 heavy (non-hydrogen) atoms. The van der Waals surface area contributed by atoms with E-state index in [-0.39, 0.29) is 17.1 Å². The van der Waals surface area contributed by atoms with Gasteiger partial charge in [-0.2, -0.15) is 0 Å². The molecule has 1 aliphatic heterocycles. The summed E-state index contributed by atoms with van der Waals surface area (Å²) in [7, 11) is 1.29. The van der Waals surface area contributed by atoms with Crippen LogP contribution in [0.3, 0.4) is 0 Å². The van der Waals surface area contributed by atoms with E-state index >= 15 is 0 Å². The van der Waals surface area contributed by atoms with Gasteiger partial charge in [0.05, 0.1) is 22.9 Å². The van der Waals surface area contributed by atoms with Crippen LogP contribution in [0.4, 0.5) is 0 Å². The van der Waals surface area contributed by atoms with Gasteiger partial charge in [0.15, 0.2) is 4.80 Å². The van der Waals surface area contributed by atoms with Crippen LogP contribution in [0.1, 0.15) is 37.3 Å². The molecule has 1 unspecified atom stereocenters. The van der Waals surface area contributed by atoms with Crippen LogP contribution in [0.15, 0.2) is 56.8 Å². The Kier molecular flexibility index (Phi) is 6.81. The number of aromatic nitrogens is 1. The highest BCUT2D eigenvalue weighted by atomic mass is 32.1. The molecule has 0 N–H and O–H groups in total. The monoisotopic (exact) mass is 512 g/mol. The van der Waals surface area contributed by atoms with E-state index in [2.05, 4.69) is 4.99 Å². The minimum atomic E-state index is -0.680. The number of thiazole rings is 1. The van der Waals surface area contributed by atoms with Crippen molar-refractivity contribution in [3.63, 3.8) is 0 Å². The predicted octanol–water partition coefficient (Wildman–Crippen LogP) is 2.32. The van der Waals surface area contributed by atoms with Crippen molar-refractivity contribution in [2.75, 3.05) is 7.11 Å². The molecule has 3 heterocycles. The minimum Gasteiger partial charge on any atom is -0.466 e. The standard InChI is InChI=1S/C24H20N2O7S2/c1-12-20(23(30)31-4)21(18-6-5-9-34-18)26-22(29)19(35-24(26)25-12)10-15-7-8-16(32-13(2)27)11-17(15)33-14(3)28/h5-11,21H,1-4H3/b19-10+. The van der Waals surface area contributed by atoms with Gasteiger partial charge in [-0.1, -0.05) is 17.4 Å². The molecule has 0 radical (unpaired) electrons. The molecule has 9 nitrogen and oxygen atoms in total. The fourth-order valence-electron chi connectivity index (χ4n) is 3.66. The summed E-state index contributed by atoms with van der Waals surface area (Å²) in [5, 5.41) is 1.87. The van der Waals surface area contributed by atoms with Crippen LogP contribution in [-0.4, -0.2) is 29.6 Å². The van der Waals surface area contributed by atoms with E-state index in [1.807, 2.05) is 17.5 Å². The van der Waals surface area contributed by atoms with Gasteiger partial charge in [-0.25, -0.2) is 9.79 Å². The fourth-order valence-corrected chi connectivity index (χ4v) is 5.52. The number of rotatable bonds is 5. The van der Waals surface area contributed by atoms with Crippen molar-refractivity contribution in [2.45, 2.75) is 26.8 Å². The Labute approximate surface area is 207 Å². The number of carbonyl (C=O) groups is 3. The Morgan fingerprint density at radius 3 is 2.49 bits per heavy atom. The van der Waals surface area contributed by atoms with Crippen molar-refractivity contribution >= 4 is 46.7 Å². The normalized spacial score (nSPS) is 15.3. The van der Waals surface area contributed by atoms with Gasteiger partial charge < -0.3 is 14.2 Å². The van der Waals surface area contributed by atoms with E-state index in [9.17, 15) is 19.2 Å². The molecule has 2 aromatic heterocycles. The molecule has 1 atom stereocenters. The third-order valence-electron chi connectivity index (χ3n) is 5.03. The van der Waals surface area contributed by atoms with Gasteiger partial charge in [-0.3, -0.25) is 19.0 Å². The van der Waals surface area contributed by atoms with Crippen molar-refractivity contribution in [2.24, 2.45) is 4.99 Å². The second-order valence-electron chi connectivity index (χ2n) is 7.48. The molecule has 4 rings (SSSR count). The van der Waals surface area contributed by atoms with Gasteiger partial charge in [-0.05, 0) is 36.6 Å². The maximum atomic E-state index is 13.6. The number of fused-ring (bicyclic) bond motifs is 1. The Bertz CT molecular complexity index is 1550. The number of esters is 3. The molecule has 1 aliphatic rings. The summed E-state index contributed by atoms with van der Waals surface area (Å²) in [5.41, 5.74) is 0.825. The lowest BCUT2D eigenvalue weighted by atomic mass is 10.0. The van der Waals surface area contributed by atoms with Gasteiger partial charge in [0.1, 0.15) is 17.5 Å². The zero-order valence-corrected chi connectivity index (χ0v) is 20.8. The first-order valence-corrected chi connectivity index (χ1v) is 12.0. The first-order chi connectivity index (χ1) is 16.7. The number of carbonyl (C=O) groups excluding carboxylic acids is 3. The van der Waals surface area contributed by atoms with E-state index in [1.54, 1.807) is 19.1 Å². The lowest BCUT2D eigenvalue weighted by molar-refractivity contribution is -0.137. The molecule has 0 spiro atoms. The molecular formula is C24H20N2O7S2.